The fourth-order valence-corrected chi connectivity index (χ4v) is 2.61. The van der Waals surface area contributed by atoms with Crippen LogP contribution in [0.25, 0.3) is 11.0 Å². The number of furan rings is 1. The van der Waals surface area contributed by atoms with Gasteiger partial charge in [-0.3, -0.25) is 0 Å². The number of aryl methyl sites for hydroxylation is 1. The van der Waals surface area contributed by atoms with Crippen molar-refractivity contribution in [3.05, 3.63) is 71.2 Å². The lowest BCUT2D eigenvalue weighted by Gasteiger charge is -2.16. The van der Waals surface area contributed by atoms with E-state index in [0.717, 1.165) is 23.3 Å². The zero-order valence-corrected chi connectivity index (χ0v) is 12.2. The minimum absolute atomic E-state index is 0.0228. The van der Waals surface area contributed by atoms with Gasteiger partial charge in [0, 0.05) is 5.39 Å². The van der Waals surface area contributed by atoms with Crippen LogP contribution in [0.4, 0.5) is 4.39 Å². The van der Waals surface area contributed by atoms with Gasteiger partial charge in [0.25, 0.3) is 0 Å². The third-order valence-corrected chi connectivity index (χ3v) is 3.57. The van der Waals surface area contributed by atoms with Crippen molar-refractivity contribution < 1.29 is 8.81 Å². The number of rotatable bonds is 4. The van der Waals surface area contributed by atoms with Gasteiger partial charge < -0.3 is 9.73 Å². The highest BCUT2D eigenvalue weighted by Crippen LogP contribution is 2.29. The highest BCUT2D eigenvalue weighted by molar-refractivity contribution is 5.78. The van der Waals surface area contributed by atoms with Crippen molar-refractivity contribution in [3.8, 4) is 0 Å². The minimum atomic E-state index is -0.245. The molecule has 0 spiro atoms. The van der Waals surface area contributed by atoms with E-state index in [9.17, 15) is 4.39 Å². The Labute approximate surface area is 123 Å². The standard InChI is InChI=1S/C18H18FNO/c1-3-20-18(13-6-4-5-12(2)9-13)17-11-14-10-15(19)7-8-16(14)21-17/h4-11,18,20H,3H2,1-2H3. The van der Waals surface area contributed by atoms with Gasteiger partial charge in [-0.15, -0.1) is 0 Å². The summed E-state index contributed by atoms with van der Waals surface area (Å²) < 4.78 is 19.2. The highest BCUT2D eigenvalue weighted by atomic mass is 19.1. The first-order valence-electron chi connectivity index (χ1n) is 7.16. The Hall–Kier alpha value is -2.13. The lowest BCUT2D eigenvalue weighted by Crippen LogP contribution is -2.21. The third kappa shape index (κ3) is 2.83. The van der Waals surface area contributed by atoms with Crippen LogP contribution in [0.1, 0.15) is 29.9 Å². The number of hydrogen-bond acceptors (Lipinski definition) is 2. The van der Waals surface area contributed by atoms with E-state index in [2.05, 4.69) is 37.4 Å². The molecule has 0 fully saturated rings. The number of hydrogen-bond donors (Lipinski definition) is 1. The molecule has 1 unspecified atom stereocenters. The van der Waals surface area contributed by atoms with Gasteiger partial charge >= 0.3 is 0 Å². The van der Waals surface area contributed by atoms with Crippen LogP contribution < -0.4 is 5.32 Å². The van der Waals surface area contributed by atoms with E-state index < -0.39 is 0 Å². The van der Waals surface area contributed by atoms with Crippen LogP contribution in [0.5, 0.6) is 0 Å². The summed E-state index contributed by atoms with van der Waals surface area (Å²) in [6, 6.07) is 14.8. The van der Waals surface area contributed by atoms with Crippen LogP contribution in [0, 0.1) is 12.7 Å². The molecule has 0 saturated heterocycles. The predicted octanol–water partition coefficient (Wildman–Crippen LogP) is 4.58. The van der Waals surface area contributed by atoms with E-state index in [1.54, 1.807) is 6.07 Å². The van der Waals surface area contributed by atoms with Crippen molar-refractivity contribution in [3.63, 3.8) is 0 Å². The first-order valence-corrected chi connectivity index (χ1v) is 7.16. The zero-order chi connectivity index (χ0) is 14.8. The van der Waals surface area contributed by atoms with E-state index in [0.29, 0.717) is 5.58 Å². The Morgan fingerprint density at radius 2 is 2.00 bits per heavy atom. The van der Waals surface area contributed by atoms with Crippen molar-refractivity contribution >= 4 is 11.0 Å². The summed E-state index contributed by atoms with van der Waals surface area (Å²) in [4.78, 5) is 0. The molecule has 0 aliphatic heterocycles. The van der Waals surface area contributed by atoms with E-state index in [1.165, 1.54) is 17.7 Å². The summed E-state index contributed by atoms with van der Waals surface area (Å²) >= 11 is 0. The van der Waals surface area contributed by atoms with Gasteiger partial charge in [-0.1, -0.05) is 36.8 Å². The average Bonchev–Trinajstić information content (AvgIpc) is 2.87. The maximum Gasteiger partial charge on any atom is 0.134 e. The van der Waals surface area contributed by atoms with Crippen LogP contribution in [-0.2, 0) is 0 Å². The normalized spacial score (nSPS) is 12.7. The Bertz CT molecular complexity index is 763. The molecule has 0 aliphatic rings. The smallest absolute Gasteiger partial charge is 0.134 e. The number of benzene rings is 2. The van der Waals surface area contributed by atoms with Gasteiger partial charge in [-0.05, 0) is 43.3 Å². The quantitative estimate of drug-likeness (QED) is 0.758. The fourth-order valence-electron chi connectivity index (χ4n) is 2.61. The molecule has 0 bridgehead atoms. The molecule has 108 valence electrons. The van der Waals surface area contributed by atoms with Crippen molar-refractivity contribution in [2.24, 2.45) is 0 Å². The number of halogens is 1. The molecule has 3 heteroatoms. The lowest BCUT2D eigenvalue weighted by molar-refractivity contribution is 0.477. The number of nitrogens with one attached hydrogen (secondary N) is 1. The minimum Gasteiger partial charge on any atom is -0.459 e. The fraction of sp³-hybridized carbons (Fsp3) is 0.222. The topological polar surface area (TPSA) is 25.2 Å². The van der Waals surface area contributed by atoms with Gasteiger partial charge in [-0.2, -0.15) is 0 Å². The van der Waals surface area contributed by atoms with Crippen molar-refractivity contribution in [2.45, 2.75) is 19.9 Å². The molecule has 1 heterocycles. The van der Waals surface area contributed by atoms with Crippen molar-refractivity contribution in [1.82, 2.24) is 5.32 Å². The largest absolute Gasteiger partial charge is 0.459 e. The van der Waals surface area contributed by atoms with Crippen LogP contribution in [0.2, 0.25) is 0 Å². The lowest BCUT2D eigenvalue weighted by atomic mass is 10.0. The summed E-state index contributed by atoms with van der Waals surface area (Å²) in [6.07, 6.45) is 0. The molecule has 3 aromatic rings. The van der Waals surface area contributed by atoms with Crippen LogP contribution in [0.3, 0.4) is 0 Å². The Balaban J connectivity index is 2.06. The monoisotopic (exact) mass is 283 g/mol. The van der Waals surface area contributed by atoms with E-state index >= 15 is 0 Å². The summed E-state index contributed by atoms with van der Waals surface area (Å²) in [5.41, 5.74) is 3.07. The van der Waals surface area contributed by atoms with Crippen LogP contribution >= 0.6 is 0 Å². The summed E-state index contributed by atoms with van der Waals surface area (Å²) in [5.74, 6) is 0.563. The highest BCUT2D eigenvalue weighted by Gasteiger charge is 2.18. The Kier molecular flexibility index (Phi) is 3.76. The van der Waals surface area contributed by atoms with Crippen molar-refractivity contribution in [2.75, 3.05) is 6.54 Å². The molecule has 0 radical (unpaired) electrons. The molecule has 2 aromatic carbocycles. The summed E-state index contributed by atoms with van der Waals surface area (Å²) in [5, 5.41) is 4.22. The van der Waals surface area contributed by atoms with E-state index in [1.807, 2.05) is 12.1 Å². The molecule has 0 amide bonds. The van der Waals surface area contributed by atoms with Crippen molar-refractivity contribution in [1.29, 1.82) is 0 Å². The molecule has 1 aromatic heterocycles. The van der Waals surface area contributed by atoms with Gasteiger partial charge in [0.15, 0.2) is 0 Å². The first-order chi connectivity index (χ1) is 10.2. The zero-order valence-electron chi connectivity index (χ0n) is 12.2. The third-order valence-electron chi connectivity index (χ3n) is 3.57. The summed E-state index contributed by atoms with van der Waals surface area (Å²) in [7, 11) is 0. The molecule has 1 N–H and O–H groups in total. The second-order valence-electron chi connectivity index (χ2n) is 5.24. The predicted molar refractivity (Wildman–Crippen MR) is 82.9 cm³/mol. The Morgan fingerprint density at radius 1 is 1.14 bits per heavy atom. The average molecular weight is 283 g/mol. The summed E-state index contributed by atoms with van der Waals surface area (Å²) in [6.45, 7) is 4.95. The number of fused-ring (bicyclic) bond motifs is 1. The van der Waals surface area contributed by atoms with Gasteiger partial charge in [0.1, 0.15) is 17.2 Å². The van der Waals surface area contributed by atoms with Gasteiger partial charge in [0.2, 0.25) is 0 Å². The molecule has 0 aliphatic carbocycles. The Morgan fingerprint density at radius 3 is 2.76 bits per heavy atom. The molecule has 3 rings (SSSR count). The SMILES string of the molecule is CCNC(c1cccc(C)c1)c1cc2cc(F)ccc2o1. The van der Waals surface area contributed by atoms with Gasteiger partial charge in [0.05, 0.1) is 6.04 Å². The second kappa shape index (κ2) is 5.70. The van der Waals surface area contributed by atoms with Crippen LogP contribution in [-0.4, -0.2) is 6.54 Å². The van der Waals surface area contributed by atoms with E-state index in [-0.39, 0.29) is 11.9 Å². The maximum atomic E-state index is 13.3. The molecule has 21 heavy (non-hydrogen) atoms. The maximum absolute atomic E-state index is 13.3. The molecule has 0 saturated carbocycles. The molecule has 2 nitrogen and oxygen atoms in total. The second-order valence-corrected chi connectivity index (χ2v) is 5.24. The molecule has 1 atom stereocenters. The molecular weight excluding hydrogens is 265 g/mol. The van der Waals surface area contributed by atoms with Crippen LogP contribution in [0.15, 0.2) is 52.9 Å². The first kappa shape index (κ1) is 13.8. The van der Waals surface area contributed by atoms with Gasteiger partial charge in [-0.25, -0.2) is 4.39 Å². The van der Waals surface area contributed by atoms with E-state index in [4.69, 9.17) is 4.42 Å². The molecular formula is C18H18FNO.